The highest BCUT2D eigenvalue weighted by molar-refractivity contribution is 5.31. The van der Waals surface area contributed by atoms with Crippen molar-refractivity contribution in [2.24, 2.45) is 0 Å². The average molecular weight is 363 g/mol. The maximum Gasteiger partial charge on any atom is 0.362 e. The Bertz CT molecular complexity index is 474. The predicted octanol–water partition coefficient (Wildman–Crippen LogP) is -3.47. The second kappa shape index (κ2) is 6.71. The number of ether oxygens (including phenoxy) is 1. The Morgan fingerprint density at radius 2 is 1.76 bits per heavy atom. The van der Waals surface area contributed by atoms with Gasteiger partial charge in [0.1, 0.15) is 5.75 Å². The van der Waals surface area contributed by atoms with Gasteiger partial charge in [-0.05, 0) is 24.3 Å². The van der Waals surface area contributed by atoms with E-state index in [9.17, 15) is 5.11 Å². The van der Waals surface area contributed by atoms with Gasteiger partial charge in [-0.25, -0.2) is 0 Å². The molecule has 17 heavy (non-hydrogen) atoms. The summed E-state index contributed by atoms with van der Waals surface area (Å²) in [6.07, 6.45) is 0. The first-order chi connectivity index (χ1) is 7.79. The lowest BCUT2D eigenvalue weighted by Gasteiger charge is -1.99. The molecule has 1 N–H and O–H groups in total. The normalized spacial score (nSPS) is 9.47. The summed E-state index contributed by atoms with van der Waals surface area (Å²) in [5.74, 6) is 1.02. The summed E-state index contributed by atoms with van der Waals surface area (Å²) in [5, 5.41) is 9.37. The van der Waals surface area contributed by atoms with Crippen molar-refractivity contribution in [3.8, 4) is 11.5 Å². The molecule has 2 rings (SSSR count). The Labute approximate surface area is 117 Å². The molecule has 2 aromatic rings. The van der Waals surface area contributed by atoms with Crippen molar-refractivity contribution < 1.29 is 43.5 Å². The summed E-state index contributed by atoms with van der Waals surface area (Å²) in [5.41, 5.74) is 0. The first-order valence-corrected chi connectivity index (χ1v) is 7.02. The van der Waals surface area contributed by atoms with E-state index in [1.54, 1.807) is 19.2 Å². The number of phenolic OH excluding ortho intramolecular Hbond substituents is 1. The fourth-order valence-corrected chi connectivity index (χ4v) is 3.77. The van der Waals surface area contributed by atoms with Crippen molar-refractivity contribution >= 4 is 0 Å². The molecule has 0 saturated heterocycles. The highest BCUT2D eigenvalue weighted by Crippen LogP contribution is 2.17. The summed E-state index contributed by atoms with van der Waals surface area (Å²) in [6.45, 7) is 0. The number of hydrogen-bond donors (Lipinski definition) is 1. The molecule has 90 valence electrons. The fourth-order valence-electron chi connectivity index (χ4n) is 1.32. The minimum Gasteiger partial charge on any atom is -1.00 e. The van der Waals surface area contributed by atoms with Crippen molar-refractivity contribution in [1.82, 2.24) is 0 Å². The van der Waals surface area contributed by atoms with Crippen molar-refractivity contribution in [3.63, 3.8) is 0 Å². The molecule has 0 bridgehead atoms. The van der Waals surface area contributed by atoms with E-state index in [0.29, 0.717) is 0 Å². The summed E-state index contributed by atoms with van der Waals surface area (Å²) >= 11 is -0.248. The van der Waals surface area contributed by atoms with Crippen LogP contribution < -0.4 is 38.3 Å². The lowest BCUT2D eigenvalue weighted by atomic mass is 10.3. The van der Waals surface area contributed by atoms with Gasteiger partial charge in [0.2, 0.25) is 3.57 Å². The van der Waals surface area contributed by atoms with Gasteiger partial charge in [0.05, 0.1) is 7.11 Å². The molecular weight excluding hydrogens is 350 g/mol. The maximum absolute atomic E-state index is 9.37. The number of methoxy groups -OCH3 is 1. The Morgan fingerprint density at radius 1 is 1.06 bits per heavy atom. The summed E-state index contributed by atoms with van der Waals surface area (Å²) < 4.78 is 7.79. The van der Waals surface area contributed by atoms with E-state index in [-0.39, 0.29) is 39.4 Å². The molecule has 4 heteroatoms. The number of benzene rings is 2. The van der Waals surface area contributed by atoms with Crippen LogP contribution in [0.2, 0.25) is 0 Å². The van der Waals surface area contributed by atoms with E-state index in [1.165, 1.54) is 7.14 Å². The van der Waals surface area contributed by atoms with Crippen LogP contribution in [0.1, 0.15) is 0 Å². The molecule has 2 aromatic carbocycles. The Hall–Kier alpha value is -0.940. The first kappa shape index (κ1) is 14.1. The zero-order valence-electron chi connectivity index (χ0n) is 9.23. The number of hydrogen-bond acceptors (Lipinski definition) is 2. The van der Waals surface area contributed by atoms with E-state index in [2.05, 4.69) is 12.1 Å². The van der Waals surface area contributed by atoms with Crippen LogP contribution in [0.5, 0.6) is 11.5 Å². The minimum atomic E-state index is -0.248. The van der Waals surface area contributed by atoms with Crippen LogP contribution in [-0.4, -0.2) is 12.2 Å². The molecule has 0 spiro atoms. The zero-order valence-corrected chi connectivity index (χ0v) is 12.1. The van der Waals surface area contributed by atoms with Crippen LogP contribution in [0.25, 0.3) is 0 Å². The number of halogens is 2. The molecule has 0 aliphatic carbocycles. The van der Waals surface area contributed by atoms with Crippen LogP contribution in [0.3, 0.4) is 0 Å². The second-order valence-corrected chi connectivity index (χ2v) is 6.16. The average Bonchev–Trinajstić information content (AvgIpc) is 2.33. The van der Waals surface area contributed by atoms with Crippen LogP contribution >= 0.6 is 0 Å². The molecule has 0 aliphatic heterocycles. The molecule has 0 aromatic heterocycles. The largest absolute Gasteiger partial charge is 1.00 e. The van der Waals surface area contributed by atoms with Crippen LogP contribution in [-0.2, 0) is 0 Å². The second-order valence-electron chi connectivity index (χ2n) is 3.21. The Balaban J connectivity index is 0.00000144. The molecule has 0 saturated carbocycles. The predicted molar refractivity (Wildman–Crippen MR) is 58.5 cm³/mol. The van der Waals surface area contributed by atoms with Crippen molar-refractivity contribution in [2.75, 3.05) is 7.11 Å². The van der Waals surface area contributed by atoms with Crippen LogP contribution in [0, 0.1) is 7.14 Å². The quantitative estimate of drug-likeness (QED) is 0.575. The van der Waals surface area contributed by atoms with Gasteiger partial charge in [0.15, 0.2) is 9.32 Å². The van der Waals surface area contributed by atoms with E-state index in [0.717, 1.165) is 5.75 Å². The lowest BCUT2D eigenvalue weighted by molar-refractivity contribution is -0.598. The zero-order chi connectivity index (χ0) is 11.4. The molecule has 2 nitrogen and oxygen atoms in total. The Morgan fingerprint density at radius 3 is 2.41 bits per heavy atom. The molecule has 0 amide bonds. The van der Waals surface area contributed by atoms with Gasteiger partial charge >= 0.3 is 21.2 Å². The molecule has 0 aliphatic rings. The highest BCUT2D eigenvalue weighted by atomic mass is 127. The number of aromatic hydroxyl groups is 1. The topological polar surface area (TPSA) is 29.5 Å². The molecule has 0 radical (unpaired) electrons. The molecular formula is C13H12ClIO2. The first-order valence-electron chi connectivity index (χ1n) is 4.86. The standard InChI is InChI=1S/C13H11IO2.ClH/c1-16-13-9-11(15)7-8-12(13)14-10-5-3-2-4-6-10;/h2-9H,1H3;1H. The molecule has 0 fully saturated rings. The minimum absolute atomic E-state index is 0. The maximum atomic E-state index is 9.37. The van der Waals surface area contributed by atoms with Gasteiger partial charge in [0, 0.05) is 6.07 Å². The third kappa shape index (κ3) is 3.78. The Kier molecular flexibility index (Phi) is 5.58. The summed E-state index contributed by atoms with van der Waals surface area (Å²) in [7, 11) is 1.63. The van der Waals surface area contributed by atoms with Gasteiger partial charge in [-0.1, -0.05) is 18.2 Å². The smallest absolute Gasteiger partial charge is 0.362 e. The van der Waals surface area contributed by atoms with E-state index < -0.39 is 0 Å². The highest BCUT2D eigenvalue weighted by Gasteiger charge is 2.20. The van der Waals surface area contributed by atoms with Gasteiger partial charge < -0.3 is 22.3 Å². The fraction of sp³-hybridized carbons (Fsp3) is 0.0769. The molecule has 0 atom stereocenters. The lowest BCUT2D eigenvalue weighted by Crippen LogP contribution is -3.61. The van der Waals surface area contributed by atoms with Gasteiger partial charge in [-0.3, -0.25) is 0 Å². The van der Waals surface area contributed by atoms with Crippen molar-refractivity contribution in [1.29, 1.82) is 0 Å². The van der Waals surface area contributed by atoms with E-state index >= 15 is 0 Å². The van der Waals surface area contributed by atoms with Crippen molar-refractivity contribution in [2.45, 2.75) is 0 Å². The third-order valence-corrected chi connectivity index (χ3v) is 4.89. The van der Waals surface area contributed by atoms with E-state index in [4.69, 9.17) is 4.74 Å². The third-order valence-electron chi connectivity index (χ3n) is 2.08. The SMILES string of the molecule is COc1cc(O)ccc1[I+]c1ccccc1.[Cl-]. The van der Waals surface area contributed by atoms with Gasteiger partial charge in [-0.2, -0.15) is 0 Å². The van der Waals surface area contributed by atoms with Crippen molar-refractivity contribution in [3.05, 3.63) is 55.7 Å². The van der Waals surface area contributed by atoms with Crippen LogP contribution in [0.15, 0.2) is 48.5 Å². The number of rotatable bonds is 3. The monoisotopic (exact) mass is 362 g/mol. The van der Waals surface area contributed by atoms with Gasteiger partial charge in [-0.15, -0.1) is 0 Å². The summed E-state index contributed by atoms with van der Waals surface area (Å²) in [4.78, 5) is 0. The molecule has 0 heterocycles. The van der Waals surface area contributed by atoms with E-state index in [1.807, 2.05) is 24.3 Å². The number of phenols is 1. The van der Waals surface area contributed by atoms with Crippen LogP contribution in [0.4, 0.5) is 0 Å². The molecule has 0 unspecified atom stereocenters. The summed E-state index contributed by atoms with van der Waals surface area (Å²) in [6, 6.07) is 15.7. The van der Waals surface area contributed by atoms with Gasteiger partial charge in [0.25, 0.3) is 0 Å².